The van der Waals surface area contributed by atoms with Crippen LogP contribution in [0.1, 0.15) is 5.56 Å². The van der Waals surface area contributed by atoms with Crippen LogP contribution >= 0.6 is 0 Å². The fourth-order valence-corrected chi connectivity index (χ4v) is 0.950. The monoisotopic (exact) mass is 227 g/mol. The molecule has 6 heteroatoms. The smallest absolute Gasteiger partial charge is 0.346 e. The topological polar surface area (TPSA) is 61.1 Å². The molecule has 0 saturated heterocycles. The van der Waals surface area contributed by atoms with Crippen molar-refractivity contribution in [3.63, 3.8) is 0 Å². The number of aliphatic carboxylic acids is 1. The van der Waals surface area contributed by atoms with Crippen LogP contribution in [0.4, 0.5) is 13.2 Å². The molecule has 82 valence electrons. The Morgan fingerprint density at radius 2 is 1.94 bits per heavy atom. The summed E-state index contributed by atoms with van der Waals surface area (Å²) < 4.78 is 38.3. The van der Waals surface area contributed by atoms with Crippen LogP contribution in [0.5, 0.6) is 0 Å². The first-order chi connectivity index (χ1) is 7.47. The minimum Gasteiger partial charge on any atom is -0.477 e. The molecule has 0 aromatic heterocycles. The van der Waals surface area contributed by atoms with Crippen LogP contribution in [-0.2, 0) is 4.79 Å². The van der Waals surface area contributed by atoms with Gasteiger partial charge in [-0.2, -0.15) is 5.26 Å². The number of hydrogen-bond acceptors (Lipinski definition) is 2. The zero-order valence-corrected chi connectivity index (χ0v) is 7.67. The van der Waals surface area contributed by atoms with E-state index in [0.29, 0.717) is 12.1 Å². The molecule has 1 aromatic rings. The van der Waals surface area contributed by atoms with Gasteiger partial charge in [0, 0.05) is 5.56 Å². The van der Waals surface area contributed by atoms with Crippen molar-refractivity contribution in [1.29, 1.82) is 5.26 Å². The average Bonchev–Trinajstić information content (AvgIpc) is 2.25. The molecule has 0 aliphatic rings. The van der Waals surface area contributed by atoms with Crippen molar-refractivity contribution in [2.24, 2.45) is 0 Å². The maximum atomic E-state index is 13.1. The molecular weight excluding hydrogens is 223 g/mol. The number of halogens is 3. The summed E-state index contributed by atoms with van der Waals surface area (Å²) in [6.45, 7) is 0. The van der Waals surface area contributed by atoms with Gasteiger partial charge < -0.3 is 5.11 Å². The number of benzene rings is 1. The van der Waals surface area contributed by atoms with Gasteiger partial charge in [0.2, 0.25) is 0 Å². The predicted molar refractivity (Wildman–Crippen MR) is 47.5 cm³/mol. The highest BCUT2D eigenvalue weighted by Gasteiger charge is 2.14. The standard InChI is InChI=1S/C10H4F3NO2/c11-7-2-1-5(8(12)9(7)13)3-6(4-14)10(15)16/h1-3H,(H,15,16). The lowest BCUT2D eigenvalue weighted by molar-refractivity contribution is -0.132. The molecule has 0 heterocycles. The first-order valence-electron chi connectivity index (χ1n) is 3.96. The lowest BCUT2D eigenvalue weighted by Gasteiger charge is -1.99. The van der Waals surface area contributed by atoms with Crippen LogP contribution in [-0.4, -0.2) is 11.1 Å². The molecule has 1 rings (SSSR count). The molecule has 0 amide bonds. The fourth-order valence-electron chi connectivity index (χ4n) is 0.950. The highest BCUT2D eigenvalue weighted by atomic mass is 19.2. The summed E-state index contributed by atoms with van der Waals surface area (Å²) in [6, 6.07) is 2.77. The van der Waals surface area contributed by atoms with E-state index in [2.05, 4.69) is 0 Å². The Kier molecular flexibility index (Phi) is 3.30. The van der Waals surface area contributed by atoms with Crippen molar-refractivity contribution in [3.8, 4) is 6.07 Å². The SMILES string of the molecule is N#CC(=Cc1ccc(F)c(F)c1F)C(=O)O. The quantitative estimate of drug-likeness (QED) is 0.478. The Hall–Kier alpha value is -2.29. The molecule has 0 bridgehead atoms. The number of nitriles is 1. The van der Waals surface area contributed by atoms with E-state index in [1.54, 1.807) is 0 Å². The van der Waals surface area contributed by atoms with Crippen LogP contribution < -0.4 is 0 Å². The zero-order chi connectivity index (χ0) is 12.3. The van der Waals surface area contributed by atoms with Crippen LogP contribution in [0.15, 0.2) is 17.7 Å². The summed E-state index contributed by atoms with van der Waals surface area (Å²) in [6.07, 6.45) is 0.625. The lowest BCUT2D eigenvalue weighted by Crippen LogP contribution is -1.99. The van der Waals surface area contributed by atoms with Gasteiger partial charge in [-0.25, -0.2) is 18.0 Å². The second kappa shape index (κ2) is 4.49. The Labute approximate surface area is 88.0 Å². The summed E-state index contributed by atoms with van der Waals surface area (Å²) >= 11 is 0. The molecule has 0 spiro atoms. The first kappa shape index (κ1) is 11.8. The van der Waals surface area contributed by atoms with Gasteiger partial charge in [0.1, 0.15) is 11.6 Å². The van der Waals surface area contributed by atoms with E-state index < -0.39 is 34.6 Å². The fraction of sp³-hybridized carbons (Fsp3) is 0. The van der Waals surface area contributed by atoms with E-state index in [1.165, 1.54) is 6.07 Å². The van der Waals surface area contributed by atoms with Gasteiger partial charge in [-0.3, -0.25) is 0 Å². The average molecular weight is 227 g/mol. The summed E-state index contributed by atoms with van der Waals surface area (Å²) in [5.41, 5.74) is -1.28. The number of carbonyl (C=O) groups is 1. The van der Waals surface area contributed by atoms with Crippen molar-refractivity contribution in [2.75, 3.05) is 0 Å². The summed E-state index contributed by atoms with van der Waals surface area (Å²) in [4.78, 5) is 10.4. The molecule has 1 aromatic carbocycles. The van der Waals surface area contributed by atoms with E-state index in [-0.39, 0.29) is 0 Å². The van der Waals surface area contributed by atoms with Crippen LogP contribution in [0.2, 0.25) is 0 Å². The Balaban J connectivity index is 3.32. The summed E-state index contributed by atoms with van der Waals surface area (Å²) in [7, 11) is 0. The maximum Gasteiger partial charge on any atom is 0.346 e. The minimum atomic E-state index is -1.71. The number of nitrogens with zero attached hydrogens (tertiary/aromatic N) is 1. The molecule has 0 saturated carbocycles. The van der Waals surface area contributed by atoms with Crippen molar-refractivity contribution in [1.82, 2.24) is 0 Å². The maximum absolute atomic E-state index is 13.1. The molecule has 0 unspecified atom stereocenters. The summed E-state index contributed by atoms with van der Waals surface area (Å²) in [5, 5.41) is 16.9. The summed E-state index contributed by atoms with van der Waals surface area (Å²) in [5.74, 6) is -6.21. The second-order valence-electron chi connectivity index (χ2n) is 2.74. The van der Waals surface area contributed by atoms with E-state index in [0.717, 1.165) is 6.07 Å². The third kappa shape index (κ3) is 2.20. The predicted octanol–water partition coefficient (Wildman–Crippen LogP) is 2.10. The molecule has 0 aliphatic heterocycles. The molecule has 16 heavy (non-hydrogen) atoms. The number of carboxylic acids is 1. The van der Waals surface area contributed by atoms with Gasteiger partial charge in [-0.1, -0.05) is 0 Å². The van der Waals surface area contributed by atoms with Gasteiger partial charge in [-0.15, -0.1) is 0 Å². The second-order valence-corrected chi connectivity index (χ2v) is 2.74. The largest absolute Gasteiger partial charge is 0.477 e. The van der Waals surface area contributed by atoms with Gasteiger partial charge in [0.05, 0.1) is 0 Å². The number of carboxylic acid groups (broad SMARTS) is 1. The van der Waals surface area contributed by atoms with E-state index in [4.69, 9.17) is 10.4 Å². The van der Waals surface area contributed by atoms with E-state index >= 15 is 0 Å². The number of hydrogen-bond donors (Lipinski definition) is 1. The van der Waals surface area contributed by atoms with E-state index in [1.807, 2.05) is 0 Å². The van der Waals surface area contributed by atoms with Gasteiger partial charge in [-0.05, 0) is 18.2 Å². The van der Waals surface area contributed by atoms with Gasteiger partial charge in [0.15, 0.2) is 17.5 Å². The van der Waals surface area contributed by atoms with Crippen molar-refractivity contribution >= 4 is 12.0 Å². The van der Waals surface area contributed by atoms with Crippen molar-refractivity contribution in [3.05, 3.63) is 40.7 Å². The van der Waals surface area contributed by atoms with Crippen LogP contribution in [0, 0.1) is 28.8 Å². The van der Waals surface area contributed by atoms with Crippen LogP contribution in [0.3, 0.4) is 0 Å². The van der Waals surface area contributed by atoms with Gasteiger partial charge >= 0.3 is 5.97 Å². The van der Waals surface area contributed by atoms with E-state index in [9.17, 15) is 18.0 Å². The van der Waals surface area contributed by atoms with Crippen molar-refractivity contribution < 1.29 is 23.1 Å². The number of rotatable bonds is 2. The highest BCUT2D eigenvalue weighted by molar-refractivity contribution is 5.96. The van der Waals surface area contributed by atoms with Gasteiger partial charge in [0.25, 0.3) is 0 Å². The Bertz CT molecular complexity index is 518. The van der Waals surface area contributed by atoms with Crippen LogP contribution in [0.25, 0.3) is 6.08 Å². The molecule has 0 atom stereocenters. The Morgan fingerprint density at radius 1 is 1.31 bits per heavy atom. The van der Waals surface area contributed by atoms with Crippen molar-refractivity contribution in [2.45, 2.75) is 0 Å². The highest BCUT2D eigenvalue weighted by Crippen LogP contribution is 2.17. The third-order valence-electron chi connectivity index (χ3n) is 1.72. The molecular formula is C10H4F3NO2. The minimum absolute atomic E-state index is 0.502. The first-order valence-corrected chi connectivity index (χ1v) is 3.96. The molecule has 0 aliphatic carbocycles. The third-order valence-corrected chi connectivity index (χ3v) is 1.72. The molecule has 0 fully saturated rings. The molecule has 3 nitrogen and oxygen atoms in total. The molecule has 0 radical (unpaired) electrons. The normalized spacial score (nSPS) is 11.0. The Morgan fingerprint density at radius 3 is 2.44 bits per heavy atom. The zero-order valence-electron chi connectivity index (χ0n) is 7.67. The molecule has 1 N–H and O–H groups in total. The lowest BCUT2D eigenvalue weighted by atomic mass is 10.1.